The molecule has 2 aromatic rings. The maximum atomic E-state index is 12.1. The largest absolute Gasteiger partial charge is 0.507 e. The first-order valence-corrected chi connectivity index (χ1v) is 8.68. The lowest BCUT2D eigenvalue weighted by atomic mass is 10.1. The van der Waals surface area contributed by atoms with Gasteiger partial charge in [0, 0.05) is 25.0 Å². The molecule has 0 aliphatic rings. The van der Waals surface area contributed by atoms with Crippen molar-refractivity contribution in [1.29, 1.82) is 0 Å². The fraction of sp³-hybridized carbons (Fsp3) is 0.333. The lowest BCUT2D eigenvalue weighted by Crippen LogP contribution is -2.43. The SMILES string of the molecule is CCOC(=O)C(N)CNC(=O)c1ccc(OCCNc2ncccn2)cc1O. The molecule has 2 rings (SSSR count). The Morgan fingerprint density at radius 2 is 2.04 bits per heavy atom. The van der Waals surface area contributed by atoms with Crippen LogP contribution in [0.25, 0.3) is 0 Å². The van der Waals surface area contributed by atoms with Crippen LogP contribution in [0, 0.1) is 0 Å². The molecule has 0 spiro atoms. The molecule has 0 fully saturated rings. The quantitative estimate of drug-likeness (QED) is 0.332. The molecule has 0 saturated heterocycles. The number of rotatable bonds is 10. The van der Waals surface area contributed by atoms with Gasteiger partial charge in [-0.15, -0.1) is 0 Å². The molecular formula is C18H23N5O5. The maximum Gasteiger partial charge on any atom is 0.324 e. The van der Waals surface area contributed by atoms with Gasteiger partial charge in [0.05, 0.1) is 18.7 Å². The van der Waals surface area contributed by atoms with Gasteiger partial charge in [0.15, 0.2) is 0 Å². The molecule has 150 valence electrons. The van der Waals surface area contributed by atoms with Crippen LogP contribution in [-0.2, 0) is 9.53 Å². The van der Waals surface area contributed by atoms with E-state index in [0.717, 1.165) is 0 Å². The second-order valence-electron chi connectivity index (χ2n) is 5.60. The molecule has 0 aliphatic carbocycles. The van der Waals surface area contributed by atoms with Gasteiger partial charge < -0.3 is 30.9 Å². The number of anilines is 1. The Bertz CT molecular complexity index is 787. The van der Waals surface area contributed by atoms with Crippen LogP contribution < -0.4 is 21.1 Å². The number of phenols is 1. The molecule has 28 heavy (non-hydrogen) atoms. The Morgan fingerprint density at radius 3 is 2.71 bits per heavy atom. The minimum absolute atomic E-state index is 0.0409. The summed E-state index contributed by atoms with van der Waals surface area (Å²) in [5, 5.41) is 15.5. The summed E-state index contributed by atoms with van der Waals surface area (Å²) in [6.45, 7) is 2.52. The van der Waals surface area contributed by atoms with Gasteiger partial charge in [0.2, 0.25) is 5.95 Å². The summed E-state index contributed by atoms with van der Waals surface area (Å²) in [7, 11) is 0. The third-order valence-electron chi connectivity index (χ3n) is 3.51. The lowest BCUT2D eigenvalue weighted by molar-refractivity contribution is -0.144. The molecule has 1 aromatic carbocycles. The molecule has 10 nitrogen and oxygen atoms in total. The summed E-state index contributed by atoms with van der Waals surface area (Å²) in [5.74, 6) is -0.536. The van der Waals surface area contributed by atoms with Gasteiger partial charge in [-0.1, -0.05) is 0 Å². The Kier molecular flexibility index (Phi) is 7.97. The summed E-state index contributed by atoms with van der Waals surface area (Å²) in [6, 6.07) is 5.05. The average molecular weight is 389 g/mol. The van der Waals surface area contributed by atoms with E-state index in [1.54, 1.807) is 31.5 Å². The molecule has 0 bridgehead atoms. The van der Waals surface area contributed by atoms with Crippen molar-refractivity contribution in [3.63, 3.8) is 0 Å². The zero-order valence-electron chi connectivity index (χ0n) is 15.4. The van der Waals surface area contributed by atoms with Gasteiger partial charge in [0.1, 0.15) is 24.1 Å². The fourth-order valence-electron chi connectivity index (χ4n) is 2.15. The summed E-state index contributed by atoms with van der Waals surface area (Å²) in [4.78, 5) is 31.6. The molecule has 0 saturated carbocycles. The second kappa shape index (κ2) is 10.7. The third-order valence-corrected chi connectivity index (χ3v) is 3.51. The number of hydrogen-bond acceptors (Lipinski definition) is 9. The number of aromatic nitrogens is 2. The summed E-state index contributed by atoms with van der Waals surface area (Å²) in [6.07, 6.45) is 3.25. The van der Waals surface area contributed by atoms with Gasteiger partial charge in [-0.05, 0) is 25.1 Å². The fourth-order valence-corrected chi connectivity index (χ4v) is 2.15. The van der Waals surface area contributed by atoms with E-state index in [2.05, 4.69) is 20.6 Å². The van der Waals surface area contributed by atoms with Crippen molar-refractivity contribution in [2.75, 3.05) is 31.6 Å². The Balaban J connectivity index is 1.80. The number of carbonyl (C=O) groups excluding carboxylic acids is 2. The first kappa shape index (κ1) is 20.9. The molecule has 1 atom stereocenters. The predicted octanol–water partition coefficient (Wildman–Crippen LogP) is 0.293. The van der Waals surface area contributed by atoms with E-state index in [0.29, 0.717) is 24.8 Å². The predicted molar refractivity (Wildman–Crippen MR) is 101 cm³/mol. The molecule has 0 radical (unpaired) electrons. The molecule has 10 heteroatoms. The van der Waals surface area contributed by atoms with E-state index in [1.807, 2.05) is 0 Å². The number of phenolic OH excluding ortho intramolecular Hbond substituents is 1. The van der Waals surface area contributed by atoms with Crippen molar-refractivity contribution in [2.45, 2.75) is 13.0 Å². The van der Waals surface area contributed by atoms with E-state index in [1.165, 1.54) is 12.1 Å². The van der Waals surface area contributed by atoms with Crippen LogP contribution >= 0.6 is 0 Å². The van der Waals surface area contributed by atoms with Crippen molar-refractivity contribution in [3.8, 4) is 11.5 Å². The van der Waals surface area contributed by atoms with Crippen LogP contribution in [0.4, 0.5) is 5.95 Å². The topological polar surface area (TPSA) is 149 Å². The smallest absolute Gasteiger partial charge is 0.324 e. The minimum atomic E-state index is -0.977. The van der Waals surface area contributed by atoms with Gasteiger partial charge >= 0.3 is 5.97 Å². The number of nitrogens with two attached hydrogens (primary N) is 1. The standard InChI is InChI=1S/C18H23N5O5/c1-2-27-17(26)14(19)11-23-16(25)13-5-4-12(10-15(13)24)28-9-8-22-18-20-6-3-7-21-18/h3-7,10,14,24H,2,8-9,11,19H2,1H3,(H,23,25)(H,20,21,22). The highest BCUT2D eigenvalue weighted by Gasteiger charge is 2.17. The average Bonchev–Trinajstić information content (AvgIpc) is 2.70. The van der Waals surface area contributed by atoms with Crippen LogP contribution in [0.2, 0.25) is 0 Å². The summed E-state index contributed by atoms with van der Waals surface area (Å²) in [5.41, 5.74) is 5.66. The number of benzene rings is 1. The molecular weight excluding hydrogens is 366 g/mol. The first-order valence-electron chi connectivity index (χ1n) is 8.68. The first-order chi connectivity index (χ1) is 13.5. The molecule has 1 unspecified atom stereocenters. The van der Waals surface area contributed by atoms with Crippen molar-refractivity contribution in [3.05, 3.63) is 42.2 Å². The van der Waals surface area contributed by atoms with Crippen LogP contribution in [0.3, 0.4) is 0 Å². The van der Waals surface area contributed by atoms with E-state index in [9.17, 15) is 14.7 Å². The Morgan fingerprint density at radius 1 is 1.29 bits per heavy atom. The van der Waals surface area contributed by atoms with Crippen LogP contribution in [0.1, 0.15) is 17.3 Å². The van der Waals surface area contributed by atoms with E-state index in [4.69, 9.17) is 15.2 Å². The van der Waals surface area contributed by atoms with Crippen molar-refractivity contribution < 1.29 is 24.2 Å². The zero-order chi connectivity index (χ0) is 20.4. The number of amides is 1. The highest BCUT2D eigenvalue weighted by Crippen LogP contribution is 2.23. The maximum absolute atomic E-state index is 12.1. The van der Waals surface area contributed by atoms with E-state index in [-0.39, 0.29) is 24.5 Å². The number of hydrogen-bond donors (Lipinski definition) is 4. The zero-order valence-corrected chi connectivity index (χ0v) is 15.4. The van der Waals surface area contributed by atoms with E-state index >= 15 is 0 Å². The molecule has 1 amide bonds. The monoisotopic (exact) mass is 389 g/mol. The summed E-state index contributed by atoms with van der Waals surface area (Å²) >= 11 is 0. The third kappa shape index (κ3) is 6.40. The van der Waals surface area contributed by atoms with Gasteiger partial charge in [-0.25, -0.2) is 9.97 Å². The van der Waals surface area contributed by atoms with Crippen molar-refractivity contribution in [1.82, 2.24) is 15.3 Å². The minimum Gasteiger partial charge on any atom is -0.507 e. The van der Waals surface area contributed by atoms with Crippen LogP contribution in [0.15, 0.2) is 36.7 Å². The number of carbonyl (C=O) groups is 2. The van der Waals surface area contributed by atoms with Crippen LogP contribution in [-0.4, -0.2) is 59.3 Å². The second-order valence-corrected chi connectivity index (χ2v) is 5.60. The van der Waals surface area contributed by atoms with Gasteiger partial charge in [-0.2, -0.15) is 0 Å². The van der Waals surface area contributed by atoms with Gasteiger partial charge in [0.25, 0.3) is 5.91 Å². The highest BCUT2D eigenvalue weighted by molar-refractivity contribution is 5.97. The van der Waals surface area contributed by atoms with Gasteiger partial charge in [-0.3, -0.25) is 9.59 Å². The van der Waals surface area contributed by atoms with Crippen molar-refractivity contribution >= 4 is 17.8 Å². The number of nitrogens with one attached hydrogen (secondary N) is 2. The molecule has 1 aromatic heterocycles. The number of ether oxygens (including phenoxy) is 2. The number of esters is 1. The normalized spacial score (nSPS) is 11.4. The highest BCUT2D eigenvalue weighted by atomic mass is 16.5. The Hall–Kier alpha value is -3.40. The van der Waals surface area contributed by atoms with Crippen LogP contribution in [0.5, 0.6) is 11.5 Å². The summed E-state index contributed by atoms with van der Waals surface area (Å²) < 4.78 is 10.3. The lowest BCUT2D eigenvalue weighted by Gasteiger charge is -2.13. The van der Waals surface area contributed by atoms with Crippen molar-refractivity contribution in [2.24, 2.45) is 5.73 Å². The number of aromatic hydroxyl groups is 1. The molecule has 1 heterocycles. The Labute approximate surface area is 162 Å². The van der Waals surface area contributed by atoms with E-state index < -0.39 is 17.9 Å². The molecule has 5 N–H and O–H groups in total. The molecule has 0 aliphatic heterocycles. The number of nitrogens with zero attached hydrogens (tertiary/aromatic N) is 2.